The third-order valence-electron chi connectivity index (χ3n) is 4.27. The zero-order valence-electron chi connectivity index (χ0n) is 15.2. The number of carbonyl (C=O) groups excluding carboxylic acids is 1. The van der Waals surface area contributed by atoms with Crippen LogP contribution in [0, 0.1) is 5.82 Å². The van der Waals surface area contributed by atoms with Crippen molar-refractivity contribution in [1.29, 1.82) is 0 Å². The second-order valence-corrected chi connectivity index (χ2v) is 6.47. The van der Waals surface area contributed by atoms with E-state index in [1.165, 1.54) is 6.07 Å². The molecule has 6 heteroatoms. The number of phenols is 1. The molecule has 0 bridgehead atoms. The van der Waals surface area contributed by atoms with Crippen molar-refractivity contribution in [2.75, 3.05) is 27.2 Å². The molecule has 0 radical (unpaired) electrons. The fourth-order valence-electron chi connectivity index (χ4n) is 2.63. The summed E-state index contributed by atoms with van der Waals surface area (Å²) in [5, 5.41) is 15.0. The number of halogens is 1. The third kappa shape index (κ3) is 6.37. The standard InChI is InChI=1S/C20H26FN3O2/c1-24(2)17(13-15-7-9-18(25)10-8-15)14-23-20(26)22-12-11-16-5-3-4-6-19(16)21/h3-10,17,25H,11-14H2,1-2H3,(H2,22,23,26)/t17-/m0/s1. The monoisotopic (exact) mass is 359 g/mol. The number of phenolic OH excluding ortho intramolecular Hbond substituents is 1. The van der Waals surface area contributed by atoms with Gasteiger partial charge in [0.1, 0.15) is 11.6 Å². The average molecular weight is 359 g/mol. The molecule has 0 unspecified atom stereocenters. The number of amides is 2. The molecule has 0 saturated carbocycles. The van der Waals surface area contributed by atoms with Crippen LogP contribution < -0.4 is 10.6 Å². The summed E-state index contributed by atoms with van der Waals surface area (Å²) in [6, 6.07) is 13.5. The van der Waals surface area contributed by atoms with E-state index >= 15 is 0 Å². The molecule has 0 aliphatic heterocycles. The summed E-state index contributed by atoms with van der Waals surface area (Å²) >= 11 is 0. The van der Waals surface area contributed by atoms with Gasteiger partial charge in [-0.05, 0) is 56.3 Å². The zero-order chi connectivity index (χ0) is 18.9. The van der Waals surface area contributed by atoms with Gasteiger partial charge in [-0.25, -0.2) is 9.18 Å². The van der Waals surface area contributed by atoms with E-state index < -0.39 is 0 Å². The van der Waals surface area contributed by atoms with Crippen LogP contribution in [-0.2, 0) is 12.8 Å². The minimum Gasteiger partial charge on any atom is -0.508 e. The van der Waals surface area contributed by atoms with Gasteiger partial charge in [0.25, 0.3) is 0 Å². The van der Waals surface area contributed by atoms with Gasteiger partial charge in [-0.1, -0.05) is 30.3 Å². The molecule has 1 atom stereocenters. The number of nitrogens with one attached hydrogen (secondary N) is 2. The number of nitrogens with zero attached hydrogens (tertiary/aromatic N) is 1. The average Bonchev–Trinajstić information content (AvgIpc) is 2.61. The first-order chi connectivity index (χ1) is 12.5. The molecule has 2 aromatic carbocycles. The van der Waals surface area contributed by atoms with Crippen LogP contribution in [-0.4, -0.2) is 49.3 Å². The van der Waals surface area contributed by atoms with Gasteiger partial charge >= 0.3 is 6.03 Å². The Morgan fingerprint density at radius 1 is 1.12 bits per heavy atom. The Morgan fingerprint density at radius 2 is 1.81 bits per heavy atom. The van der Waals surface area contributed by atoms with E-state index in [-0.39, 0.29) is 23.6 Å². The summed E-state index contributed by atoms with van der Waals surface area (Å²) in [6.07, 6.45) is 1.20. The topological polar surface area (TPSA) is 64.6 Å². The lowest BCUT2D eigenvalue weighted by atomic mass is 10.1. The number of aromatic hydroxyl groups is 1. The molecular weight excluding hydrogens is 333 g/mol. The summed E-state index contributed by atoms with van der Waals surface area (Å²) in [4.78, 5) is 14.0. The van der Waals surface area contributed by atoms with Crippen molar-refractivity contribution in [3.8, 4) is 5.75 Å². The molecule has 140 valence electrons. The Bertz CT molecular complexity index is 704. The minimum atomic E-state index is -0.265. The lowest BCUT2D eigenvalue weighted by molar-refractivity contribution is 0.232. The summed E-state index contributed by atoms with van der Waals surface area (Å²) in [5.41, 5.74) is 1.68. The molecule has 5 nitrogen and oxygen atoms in total. The van der Waals surface area contributed by atoms with Gasteiger partial charge < -0.3 is 20.6 Å². The van der Waals surface area contributed by atoms with Crippen LogP contribution in [0.4, 0.5) is 9.18 Å². The van der Waals surface area contributed by atoms with Gasteiger partial charge in [-0.3, -0.25) is 0 Å². The summed E-state index contributed by atoms with van der Waals surface area (Å²) in [5.74, 6) is -0.0150. The van der Waals surface area contributed by atoms with Crippen molar-refractivity contribution in [1.82, 2.24) is 15.5 Å². The highest BCUT2D eigenvalue weighted by atomic mass is 19.1. The fourth-order valence-corrected chi connectivity index (χ4v) is 2.63. The van der Waals surface area contributed by atoms with Crippen LogP contribution >= 0.6 is 0 Å². The van der Waals surface area contributed by atoms with Crippen LogP contribution in [0.3, 0.4) is 0 Å². The number of benzene rings is 2. The third-order valence-corrected chi connectivity index (χ3v) is 4.27. The van der Waals surface area contributed by atoms with Crippen LogP contribution in [0.15, 0.2) is 48.5 Å². The molecule has 0 spiro atoms. The lowest BCUT2D eigenvalue weighted by Crippen LogP contribution is -2.45. The Morgan fingerprint density at radius 3 is 2.46 bits per heavy atom. The van der Waals surface area contributed by atoms with Crippen LogP contribution in [0.5, 0.6) is 5.75 Å². The van der Waals surface area contributed by atoms with Crippen LogP contribution in [0.1, 0.15) is 11.1 Å². The van der Waals surface area contributed by atoms with E-state index in [4.69, 9.17) is 0 Å². The predicted molar refractivity (Wildman–Crippen MR) is 101 cm³/mol. The van der Waals surface area contributed by atoms with Crippen molar-refractivity contribution in [2.24, 2.45) is 0 Å². The number of urea groups is 1. The molecule has 2 amide bonds. The summed E-state index contributed by atoms with van der Waals surface area (Å²) < 4.78 is 13.5. The SMILES string of the molecule is CN(C)[C@H](CNC(=O)NCCc1ccccc1F)Cc1ccc(O)cc1. The molecule has 2 rings (SSSR count). The predicted octanol–water partition coefficient (Wildman–Crippen LogP) is 2.55. The maximum absolute atomic E-state index is 13.5. The van der Waals surface area contributed by atoms with Crippen molar-refractivity contribution in [3.05, 3.63) is 65.5 Å². The van der Waals surface area contributed by atoms with Gasteiger partial charge in [-0.2, -0.15) is 0 Å². The van der Waals surface area contributed by atoms with E-state index in [1.54, 1.807) is 30.3 Å². The van der Waals surface area contributed by atoms with Gasteiger partial charge in [0, 0.05) is 19.1 Å². The van der Waals surface area contributed by atoms with Crippen molar-refractivity contribution in [2.45, 2.75) is 18.9 Å². The molecule has 2 aromatic rings. The van der Waals surface area contributed by atoms with E-state index in [2.05, 4.69) is 10.6 Å². The second kappa shape index (κ2) is 9.77. The van der Waals surface area contributed by atoms with E-state index in [0.717, 1.165) is 12.0 Å². The minimum absolute atomic E-state index is 0.122. The molecule has 0 saturated heterocycles. The molecule has 3 N–H and O–H groups in total. The van der Waals surface area contributed by atoms with Crippen LogP contribution in [0.25, 0.3) is 0 Å². The molecule has 0 aliphatic carbocycles. The molecule has 0 heterocycles. The number of hydrogen-bond acceptors (Lipinski definition) is 3. The summed E-state index contributed by atoms with van der Waals surface area (Å²) in [7, 11) is 3.92. The first-order valence-corrected chi connectivity index (χ1v) is 8.65. The maximum Gasteiger partial charge on any atom is 0.314 e. The fraction of sp³-hybridized carbons (Fsp3) is 0.350. The highest BCUT2D eigenvalue weighted by Gasteiger charge is 2.14. The van der Waals surface area contributed by atoms with Crippen molar-refractivity contribution in [3.63, 3.8) is 0 Å². The first-order valence-electron chi connectivity index (χ1n) is 8.65. The Hall–Kier alpha value is -2.60. The zero-order valence-corrected chi connectivity index (χ0v) is 15.2. The van der Waals surface area contributed by atoms with Crippen molar-refractivity contribution >= 4 is 6.03 Å². The lowest BCUT2D eigenvalue weighted by Gasteiger charge is -2.25. The van der Waals surface area contributed by atoms with E-state index in [9.17, 15) is 14.3 Å². The highest BCUT2D eigenvalue weighted by Crippen LogP contribution is 2.12. The Labute approximate surface area is 153 Å². The first kappa shape index (κ1) is 19.7. The molecule has 0 aromatic heterocycles. The number of hydrogen-bond donors (Lipinski definition) is 3. The van der Waals surface area contributed by atoms with E-state index in [1.807, 2.05) is 31.1 Å². The maximum atomic E-state index is 13.5. The van der Waals surface area contributed by atoms with Gasteiger partial charge in [0.15, 0.2) is 0 Å². The largest absolute Gasteiger partial charge is 0.508 e. The molecule has 0 fully saturated rings. The summed E-state index contributed by atoms with van der Waals surface area (Å²) in [6.45, 7) is 0.858. The number of rotatable bonds is 8. The molecule has 0 aliphatic rings. The van der Waals surface area contributed by atoms with E-state index in [0.29, 0.717) is 25.1 Å². The van der Waals surface area contributed by atoms with Crippen molar-refractivity contribution < 1.29 is 14.3 Å². The smallest absolute Gasteiger partial charge is 0.314 e. The number of carbonyl (C=O) groups is 1. The Balaban J connectivity index is 1.76. The normalized spacial score (nSPS) is 12.0. The molecule has 26 heavy (non-hydrogen) atoms. The second-order valence-electron chi connectivity index (χ2n) is 6.47. The highest BCUT2D eigenvalue weighted by molar-refractivity contribution is 5.73. The number of likely N-dealkylation sites (N-methyl/N-ethyl adjacent to an activating group) is 1. The quantitative estimate of drug-likeness (QED) is 0.679. The van der Waals surface area contributed by atoms with Gasteiger partial charge in [-0.15, -0.1) is 0 Å². The van der Waals surface area contributed by atoms with Gasteiger partial charge in [0.05, 0.1) is 0 Å². The van der Waals surface area contributed by atoms with Crippen LogP contribution in [0.2, 0.25) is 0 Å². The molecular formula is C20H26FN3O2. The Kier molecular flexibility index (Phi) is 7.41. The van der Waals surface area contributed by atoms with Gasteiger partial charge in [0.2, 0.25) is 0 Å².